The van der Waals surface area contributed by atoms with Gasteiger partial charge < -0.3 is 28.1 Å². The molecule has 2 aromatic heterocycles. The lowest BCUT2D eigenvalue weighted by Gasteiger charge is -2.46. The van der Waals surface area contributed by atoms with Crippen molar-refractivity contribution in [1.29, 1.82) is 0 Å². The first-order chi connectivity index (χ1) is 40.9. The average Bonchev–Trinajstić information content (AvgIpc) is 1.41. The van der Waals surface area contributed by atoms with E-state index < -0.39 is 51.2 Å². The van der Waals surface area contributed by atoms with Gasteiger partial charge in [-0.3, -0.25) is 0 Å². The number of anilines is 6. The number of ether oxygens (including phenoxy) is 2. The summed E-state index contributed by atoms with van der Waals surface area (Å²) < 4.78 is 108. The van der Waals surface area contributed by atoms with Crippen LogP contribution in [0.4, 0.5) is 60.5 Å². The smallest absolute Gasteiger partial charge is 0.454 e. The third-order valence-corrected chi connectivity index (χ3v) is 21.4. The predicted molar refractivity (Wildman–Crippen MR) is 339 cm³/mol. The van der Waals surface area contributed by atoms with E-state index in [0.29, 0.717) is 45.3 Å². The molecular formula is C72H58F6N2O4Si2. The van der Waals surface area contributed by atoms with Crippen LogP contribution in [0.25, 0.3) is 55.0 Å². The van der Waals surface area contributed by atoms with Gasteiger partial charge in [0.05, 0.1) is 32.9 Å². The molecule has 0 bridgehead atoms. The van der Waals surface area contributed by atoms with Crippen LogP contribution in [0.5, 0.6) is 11.5 Å². The van der Waals surface area contributed by atoms with Crippen molar-refractivity contribution < 1.29 is 44.7 Å². The van der Waals surface area contributed by atoms with Crippen molar-refractivity contribution >= 4 is 105 Å². The first-order valence-electron chi connectivity index (χ1n) is 28.6. The normalized spacial score (nSPS) is 14.3. The molecule has 2 aliphatic carbocycles. The number of nitrogens with zero attached hydrogens (tertiary/aromatic N) is 2. The van der Waals surface area contributed by atoms with Gasteiger partial charge in [-0.25, -0.2) is 0 Å². The number of furan rings is 2. The fraction of sp³-hybridized carbons (Fsp3) is 0.167. The summed E-state index contributed by atoms with van der Waals surface area (Å²) in [4.78, 5) is 3.86. The van der Waals surface area contributed by atoms with Gasteiger partial charge in [-0.2, -0.15) is 0 Å². The van der Waals surface area contributed by atoms with Crippen molar-refractivity contribution in [1.82, 2.24) is 0 Å². The second-order valence-electron chi connectivity index (χ2n) is 25.1. The van der Waals surface area contributed by atoms with Crippen LogP contribution in [0.2, 0.25) is 39.3 Å². The Morgan fingerprint density at radius 1 is 0.360 bits per heavy atom. The van der Waals surface area contributed by atoms with E-state index in [1.54, 1.807) is 24.3 Å². The van der Waals surface area contributed by atoms with Gasteiger partial charge in [-0.15, -0.1) is 26.3 Å². The monoisotopic (exact) mass is 1180 g/mol. The van der Waals surface area contributed by atoms with Crippen LogP contribution >= 0.6 is 0 Å². The third kappa shape index (κ3) is 8.73. The molecule has 2 aliphatic rings. The molecule has 0 N–H and O–H groups in total. The lowest BCUT2D eigenvalue weighted by Crippen LogP contribution is -2.40. The van der Waals surface area contributed by atoms with E-state index in [1.807, 2.05) is 82.6 Å². The van der Waals surface area contributed by atoms with Crippen LogP contribution in [0, 0.1) is 0 Å². The van der Waals surface area contributed by atoms with Gasteiger partial charge in [0, 0.05) is 61.8 Å². The fourth-order valence-corrected chi connectivity index (χ4v) is 16.7. The Labute approximate surface area is 495 Å². The highest BCUT2D eigenvalue weighted by atomic mass is 28.3. The van der Waals surface area contributed by atoms with Gasteiger partial charge >= 0.3 is 12.7 Å². The molecule has 0 unspecified atom stereocenters. The van der Waals surface area contributed by atoms with Crippen LogP contribution in [-0.2, 0) is 10.8 Å². The van der Waals surface area contributed by atoms with Crippen molar-refractivity contribution in [2.75, 3.05) is 9.80 Å². The Kier molecular flexibility index (Phi) is 12.3. The number of rotatable bonds is 10. The van der Waals surface area contributed by atoms with E-state index in [-0.39, 0.29) is 0 Å². The second kappa shape index (κ2) is 19.3. The summed E-state index contributed by atoms with van der Waals surface area (Å²) in [5.74, 6) is -0.793. The van der Waals surface area contributed by atoms with E-state index in [1.165, 1.54) is 24.3 Å². The molecule has 6 nitrogen and oxygen atoms in total. The highest BCUT2D eigenvalue weighted by Crippen LogP contribution is 2.64. The number of hydrogen-bond donors (Lipinski definition) is 0. The van der Waals surface area contributed by atoms with Crippen LogP contribution < -0.4 is 29.6 Å². The van der Waals surface area contributed by atoms with Crippen molar-refractivity contribution in [3.63, 3.8) is 0 Å². The zero-order chi connectivity index (χ0) is 60.0. The number of alkyl halides is 6. The highest BCUT2D eigenvalue weighted by Gasteiger charge is 2.54. The van der Waals surface area contributed by atoms with Crippen LogP contribution in [-0.4, -0.2) is 28.9 Å². The third-order valence-electron chi connectivity index (χ3n) is 17.4. The maximum Gasteiger partial charge on any atom is 0.573 e. The van der Waals surface area contributed by atoms with Crippen molar-refractivity contribution in [2.45, 2.75) is 76.7 Å². The molecule has 2 heterocycles. The van der Waals surface area contributed by atoms with Gasteiger partial charge in [0.1, 0.15) is 22.7 Å². The molecule has 12 aromatic rings. The summed E-state index contributed by atoms with van der Waals surface area (Å²) in [5.41, 5.74) is 12.5. The molecule has 430 valence electrons. The second-order valence-corrected chi connectivity index (χ2v) is 35.1. The average molecular weight is 1190 g/mol. The minimum atomic E-state index is -4.96. The summed E-state index contributed by atoms with van der Waals surface area (Å²) in [6.07, 6.45) is -9.93. The zero-order valence-corrected chi connectivity index (χ0v) is 50.4. The summed E-state index contributed by atoms with van der Waals surface area (Å²) in [6.45, 7) is 18.1. The Hall–Kier alpha value is -8.99. The van der Waals surface area contributed by atoms with Gasteiger partial charge in [-0.1, -0.05) is 187 Å². The molecule has 0 fully saturated rings. The van der Waals surface area contributed by atoms with E-state index in [4.69, 9.17) is 8.83 Å². The first kappa shape index (κ1) is 54.9. The summed E-state index contributed by atoms with van der Waals surface area (Å²) >= 11 is 0. The minimum absolute atomic E-state index is 0.380. The molecule has 0 radical (unpaired) electrons. The van der Waals surface area contributed by atoms with Gasteiger partial charge in [0.25, 0.3) is 0 Å². The fourth-order valence-electron chi connectivity index (χ4n) is 13.8. The summed E-state index contributed by atoms with van der Waals surface area (Å²) in [7, 11) is -3.95. The highest BCUT2D eigenvalue weighted by molar-refractivity contribution is 6.90. The Morgan fingerprint density at radius 3 is 1.09 bits per heavy atom. The lowest BCUT2D eigenvalue weighted by molar-refractivity contribution is -0.275. The van der Waals surface area contributed by atoms with Crippen molar-refractivity contribution in [2.24, 2.45) is 0 Å². The van der Waals surface area contributed by atoms with E-state index >= 15 is 0 Å². The quantitative estimate of drug-likeness (QED) is 0.100. The molecular weight excluding hydrogens is 1130 g/mol. The maximum atomic E-state index is 14.2. The molecule has 10 aromatic carbocycles. The largest absolute Gasteiger partial charge is 0.573 e. The molecule has 14 heteroatoms. The van der Waals surface area contributed by atoms with Crippen LogP contribution in [0.3, 0.4) is 0 Å². The molecule has 14 rings (SSSR count). The Morgan fingerprint density at radius 2 is 0.709 bits per heavy atom. The Bertz CT molecular complexity index is 4440. The van der Waals surface area contributed by atoms with E-state index in [0.717, 1.165) is 87.6 Å². The standard InChI is InChI=1S/C72H58F6N2O4Si2/c1-69(2)57-27-9-11-29-59(57)70(60-30-12-10-28-58(60)69)55-37-35-45(79(43-19-13-21-47(39-43)83-71(73,74)75)61-31-15-23-49-51-25-17-33-63(85(3,4)5)67(51)81-65(49)61)41-53(55)54-42-46(36-38-56(54)70)80(44-20-14-22-48(40-44)84-72(76,77)78)62-32-16-24-50-52-26-18-34-64(86(6,7)8)68(52)82-66(50)62/h9-42H,1-8H3. The topological polar surface area (TPSA) is 51.2 Å². The van der Waals surface area contributed by atoms with Crippen LogP contribution in [0.15, 0.2) is 215 Å². The molecule has 0 atom stereocenters. The predicted octanol–water partition coefficient (Wildman–Crippen LogP) is 20.3. The maximum absolute atomic E-state index is 14.2. The van der Waals surface area contributed by atoms with Gasteiger partial charge in [0.15, 0.2) is 11.2 Å². The van der Waals surface area contributed by atoms with Crippen molar-refractivity contribution in [3.8, 4) is 22.6 Å². The number of hydrogen-bond acceptors (Lipinski definition) is 6. The number of benzene rings is 10. The molecule has 0 saturated heterocycles. The van der Waals surface area contributed by atoms with E-state index in [2.05, 4.69) is 148 Å². The number of halogens is 6. The SMILES string of the molecule is CC1(C)c2ccccc2C2(c3ccc(N(c4cccc(OC(F)(F)F)c4)c4cccc5c4oc4c([Si](C)(C)C)cccc45)cc3-c3cc(N(c4cccc(OC(F)(F)F)c4)c4cccc5c4oc4c([Si](C)(C)C)cccc45)ccc32)c2ccccc21. The zero-order valence-electron chi connectivity index (χ0n) is 48.4. The van der Waals surface area contributed by atoms with Gasteiger partial charge in [0.2, 0.25) is 0 Å². The first-order valence-corrected chi connectivity index (χ1v) is 35.6. The van der Waals surface area contributed by atoms with E-state index in [9.17, 15) is 26.3 Å². The molecule has 0 aliphatic heterocycles. The molecule has 0 saturated carbocycles. The summed E-state index contributed by atoms with van der Waals surface area (Å²) in [5, 5.41) is 5.83. The minimum Gasteiger partial charge on any atom is -0.454 e. The number of para-hydroxylation sites is 4. The molecule has 0 amide bonds. The summed E-state index contributed by atoms with van der Waals surface area (Å²) in [6, 6.07) is 65.8. The Balaban J connectivity index is 1.07. The lowest BCUT2D eigenvalue weighted by atomic mass is 9.55. The van der Waals surface area contributed by atoms with Crippen molar-refractivity contribution in [3.05, 3.63) is 240 Å². The van der Waals surface area contributed by atoms with Crippen LogP contribution in [0.1, 0.15) is 47.2 Å². The molecule has 86 heavy (non-hydrogen) atoms. The van der Waals surface area contributed by atoms with Gasteiger partial charge in [-0.05, 0) is 116 Å². The molecule has 1 spiro atoms. The number of fused-ring (bicyclic) bond motifs is 15.